The molecule has 0 bridgehead atoms. The molecule has 0 saturated heterocycles. The van der Waals surface area contributed by atoms with Crippen LogP contribution in [-0.4, -0.2) is 47.2 Å². The van der Waals surface area contributed by atoms with E-state index in [1.165, 1.54) is 0 Å². The van der Waals surface area contributed by atoms with Crippen molar-refractivity contribution >= 4 is 33.8 Å². The smallest absolute Gasteiger partial charge is 0.221 e. The minimum absolute atomic E-state index is 0.512. The van der Waals surface area contributed by atoms with Crippen LogP contribution in [0.5, 0.6) is 0 Å². The minimum Gasteiger partial charge on any atom is -0.311 e. The molecule has 4 aromatic heterocycles. The topological polar surface area (TPSA) is 101 Å². The molecule has 9 heteroatoms. The summed E-state index contributed by atoms with van der Waals surface area (Å²) < 4.78 is 1.76. The number of hydrogen-bond acceptors (Lipinski definition) is 7. The molecule has 0 aliphatic heterocycles. The van der Waals surface area contributed by atoms with Crippen molar-refractivity contribution in [1.29, 1.82) is 0 Å². The first-order valence-electron chi connectivity index (χ1n) is 8.83. The monoisotopic (exact) mass is 371 g/mol. The summed E-state index contributed by atoms with van der Waals surface area (Å²) in [7, 11) is 1.90. The van der Waals surface area contributed by atoms with Crippen molar-refractivity contribution in [2.75, 3.05) is 11.9 Å². The molecule has 0 atom stereocenters. The SMILES string of the molecule is Cc1cc(N(C)c2cnc3nnn(Cc4ccc5ncccc5c4)c3n2)n[nH]1. The van der Waals surface area contributed by atoms with Crippen LogP contribution in [0, 0.1) is 6.92 Å². The molecular formula is C19H17N9. The van der Waals surface area contributed by atoms with Crippen molar-refractivity contribution in [3.05, 3.63) is 60.0 Å². The number of H-pyrrole nitrogens is 1. The predicted molar refractivity (Wildman–Crippen MR) is 105 cm³/mol. The van der Waals surface area contributed by atoms with Gasteiger partial charge in [0.15, 0.2) is 17.3 Å². The van der Waals surface area contributed by atoms with Crippen LogP contribution in [0.1, 0.15) is 11.3 Å². The second-order valence-electron chi connectivity index (χ2n) is 6.62. The third-order valence-corrected chi connectivity index (χ3v) is 4.59. The van der Waals surface area contributed by atoms with E-state index in [-0.39, 0.29) is 0 Å². The molecule has 9 nitrogen and oxygen atoms in total. The average Bonchev–Trinajstić information content (AvgIpc) is 3.33. The van der Waals surface area contributed by atoms with E-state index in [9.17, 15) is 0 Å². The van der Waals surface area contributed by atoms with Crippen LogP contribution in [0.2, 0.25) is 0 Å². The van der Waals surface area contributed by atoms with Gasteiger partial charge in [0.05, 0.1) is 18.3 Å². The number of benzene rings is 1. The van der Waals surface area contributed by atoms with E-state index in [1.807, 2.05) is 49.2 Å². The first kappa shape index (κ1) is 16.3. The summed E-state index contributed by atoms with van der Waals surface area (Å²) in [5, 5.41) is 16.7. The molecule has 0 amide bonds. The molecular weight excluding hydrogens is 354 g/mol. The van der Waals surface area contributed by atoms with Crippen LogP contribution in [-0.2, 0) is 6.54 Å². The van der Waals surface area contributed by atoms with Gasteiger partial charge in [-0.25, -0.2) is 14.6 Å². The highest BCUT2D eigenvalue weighted by Gasteiger charge is 2.14. The number of anilines is 2. The number of hydrogen-bond donors (Lipinski definition) is 1. The van der Waals surface area contributed by atoms with E-state index < -0.39 is 0 Å². The number of aromatic amines is 1. The van der Waals surface area contributed by atoms with Crippen LogP contribution in [0.4, 0.5) is 11.6 Å². The summed E-state index contributed by atoms with van der Waals surface area (Å²) in [5.74, 6) is 1.44. The fraction of sp³-hybridized carbons (Fsp3) is 0.158. The van der Waals surface area contributed by atoms with E-state index in [4.69, 9.17) is 4.98 Å². The molecule has 1 aromatic carbocycles. The zero-order chi connectivity index (χ0) is 19.1. The Morgan fingerprint density at radius 2 is 2.04 bits per heavy atom. The van der Waals surface area contributed by atoms with Crippen molar-refractivity contribution in [3.63, 3.8) is 0 Å². The summed E-state index contributed by atoms with van der Waals surface area (Å²) in [6.07, 6.45) is 3.47. The number of nitrogens with one attached hydrogen (secondary N) is 1. The van der Waals surface area contributed by atoms with Crippen molar-refractivity contribution < 1.29 is 0 Å². The maximum Gasteiger partial charge on any atom is 0.221 e. The zero-order valence-corrected chi connectivity index (χ0v) is 15.4. The third-order valence-electron chi connectivity index (χ3n) is 4.59. The van der Waals surface area contributed by atoms with Crippen LogP contribution in [0.25, 0.3) is 22.2 Å². The fourth-order valence-electron chi connectivity index (χ4n) is 3.10. The summed E-state index contributed by atoms with van der Waals surface area (Å²) in [6, 6.07) is 12.1. The number of aromatic nitrogens is 8. The molecule has 1 N–H and O–H groups in total. The molecule has 5 aromatic rings. The molecule has 28 heavy (non-hydrogen) atoms. The summed E-state index contributed by atoms with van der Waals surface area (Å²) in [5.41, 5.74) is 4.18. The minimum atomic E-state index is 0.512. The van der Waals surface area contributed by atoms with Gasteiger partial charge in [-0.3, -0.25) is 10.1 Å². The van der Waals surface area contributed by atoms with Gasteiger partial charge >= 0.3 is 0 Å². The molecule has 5 rings (SSSR count). The lowest BCUT2D eigenvalue weighted by molar-refractivity contribution is 0.664. The van der Waals surface area contributed by atoms with Gasteiger partial charge in [0.25, 0.3) is 0 Å². The summed E-state index contributed by atoms with van der Waals surface area (Å²) in [4.78, 5) is 15.3. The molecule has 0 aliphatic rings. The standard InChI is InChI=1S/C19H17N9/c1-12-8-16(24-23-12)27(2)17-10-21-18-19(22-17)28(26-25-18)11-13-5-6-15-14(9-13)4-3-7-20-15/h3-10H,11H2,1-2H3,(H,23,24). The molecule has 0 radical (unpaired) electrons. The lowest BCUT2D eigenvalue weighted by Crippen LogP contribution is -2.13. The van der Waals surface area contributed by atoms with E-state index >= 15 is 0 Å². The summed E-state index contributed by atoms with van der Waals surface area (Å²) >= 11 is 0. The second kappa shape index (κ2) is 6.38. The predicted octanol–water partition coefficient (Wildman–Crippen LogP) is 2.62. The van der Waals surface area contributed by atoms with E-state index in [0.29, 0.717) is 23.7 Å². The number of aryl methyl sites for hydroxylation is 1. The van der Waals surface area contributed by atoms with Gasteiger partial charge in [0.1, 0.15) is 0 Å². The van der Waals surface area contributed by atoms with Crippen LogP contribution >= 0.6 is 0 Å². The molecule has 0 aliphatic carbocycles. The van der Waals surface area contributed by atoms with Crippen LogP contribution < -0.4 is 4.90 Å². The Morgan fingerprint density at radius 1 is 1.11 bits per heavy atom. The molecule has 0 fully saturated rings. The van der Waals surface area contributed by atoms with Gasteiger partial charge in [0.2, 0.25) is 5.65 Å². The van der Waals surface area contributed by atoms with Crippen molar-refractivity contribution in [1.82, 2.24) is 40.1 Å². The highest BCUT2D eigenvalue weighted by Crippen LogP contribution is 2.21. The zero-order valence-electron chi connectivity index (χ0n) is 15.4. The first-order valence-corrected chi connectivity index (χ1v) is 8.83. The largest absolute Gasteiger partial charge is 0.311 e. The van der Waals surface area contributed by atoms with Crippen LogP contribution in [0.15, 0.2) is 48.8 Å². The normalized spacial score (nSPS) is 11.4. The molecule has 0 unspecified atom stereocenters. The maximum absolute atomic E-state index is 4.71. The molecule has 0 spiro atoms. The second-order valence-corrected chi connectivity index (χ2v) is 6.62. The summed E-state index contributed by atoms with van der Waals surface area (Å²) in [6.45, 7) is 2.50. The molecule has 0 saturated carbocycles. The Bertz CT molecular complexity index is 1290. The number of nitrogens with zero attached hydrogens (tertiary/aromatic N) is 8. The van der Waals surface area contributed by atoms with Gasteiger partial charge in [-0.2, -0.15) is 5.10 Å². The highest BCUT2D eigenvalue weighted by molar-refractivity contribution is 5.79. The Balaban J connectivity index is 1.50. The van der Waals surface area contributed by atoms with Crippen molar-refractivity contribution in [2.24, 2.45) is 0 Å². The number of pyridine rings is 1. The van der Waals surface area contributed by atoms with Gasteiger partial charge in [0, 0.05) is 30.4 Å². The Hall–Kier alpha value is -3.88. The fourth-order valence-corrected chi connectivity index (χ4v) is 3.10. The third kappa shape index (κ3) is 2.82. The highest BCUT2D eigenvalue weighted by atomic mass is 15.5. The Morgan fingerprint density at radius 3 is 2.89 bits per heavy atom. The Kier molecular flexibility index (Phi) is 3.71. The van der Waals surface area contributed by atoms with E-state index in [0.717, 1.165) is 28.0 Å². The number of rotatable bonds is 4. The van der Waals surface area contributed by atoms with Crippen molar-refractivity contribution in [2.45, 2.75) is 13.5 Å². The lowest BCUT2D eigenvalue weighted by atomic mass is 10.1. The quantitative estimate of drug-likeness (QED) is 0.518. The first-order chi connectivity index (χ1) is 13.7. The molecule has 138 valence electrons. The van der Waals surface area contributed by atoms with Gasteiger partial charge in [-0.15, -0.1) is 5.10 Å². The van der Waals surface area contributed by atoms with Crippen LogP contribution in [0.3, 0.4) is 0 Å². The van der Waals surface area contributed by atoms with Gasteiger partial charge in [-0.05, 0) is 30.7 Å². The number of fused-ring (bicyclic) bond motifs is 2. The lowest BCUT2D eigenvalue weighted by Gasteiger charge is -2.14. The van der Waals surface area contributed by atoms with Gasteiger partial charge < -0.3 is 4.90 Å². The molecule has 4 heterocycles. The maximum atomic E-state index is 4.71. The van der Waals surface area contributed by atoms with Gasteiger partial charge in [-0.1, -0.05) is 17.3 Å². The Labute approximate surface area is 160 Å². The van der Waals surface area contributed by atoms with E-state index in [1.54, 1.807) is 17.1 Å². The van der Waals surface area contributed by atoms with E-state index in [2.05, 4.69) is 36.5 Å². The average molecular weight is 371 g/mol. The van der Waals surface area contributed by atoms with Crippen molar-refractivity contribution in [3.8, 4) is 0 Å².